The van der Waals surface area contributed by atoms with Gasteiger partial charge in [-0.05, 0) is 95.1 Å². The average Bonchev–Trinajstić information content (AvgIpc) is 3.40. The van der Waals surface area contributed by atoms with Gasteiger partial charge in [-0.2, -0.15) is 0 Å². The van der Waals surface area contributed by atoms with Crippen LogP contribution in [0.1, 0.15) is 59.9 Å². The van der Waals surface area contributed by atoms with Crippen molar-refractivity contribution in [2.24, 2.45) is 0 Å². The van der Waals surface area contributed by atoms with Gasteiger partial charge < -0.3 is 19.1 Å². The fourth-order valence-electron chi connectivity index (χ4n) is 8.89. The fourth-order valence-corrected chi connectivity index (χ4v) is 8.89. The van der Waals surface area contributed by atoms with Gasteiger partial charge in [0.25, 0.3) is 0 Å². The third kappa shape index (κ3) is 4.35. The molecule has 1 saturated carbocycles. The molecule has 2 heterocycles. The van der Waals surface area contributed by atoms with Gasteiger partial charge in [-0.25, -0.2) is 8.78 Å². The zero-order valence-corrected chi connectivity index (χ0v) is 27.0. The van der Waals surface area contributed by atoms with E-state index >= 15 is 8.78 Å². The van der Waals surface area contributed by atoms with Gasteiger partial charge in [0.15, 0.2) is 5.60 Å². The van der Waals surface area contributed by atoms with Crippen LogP contribution in [-0.4, -0.2) is 33.4 Å². The summed E-state index contributed by atoms with van der Waals surface area (Å²) < 4.78 is 48.7. The van der Waals surface area contributed by atoms with E-state index in [0.717, 1.165) is 101 Å². The second kappa shape index (κ2) is 11.2. The molecule has 48 heavy (non-hydrogen) atoms. The van der Waals surface area contributed by atoms with Crippen LogP contribution in [-0.2, 0) is 15.8 Å². The van der Waals surface area contributed by atoms with Crippen molar-refractivity contribution >= 4 is 22.5 Å². The lowest BCUT2D eigenvalue weighted by Crippen LogP contribution is -2.37. The minimum Gasteiger partial charge on any atom is -0.497 e. The van der Waals surface area contributed by atoms with Crippen LogP contribution >= 0.6 is 0 Å². The molecule has 1 saturated heterocycles. The summed E-state index contributed by atoms with van der Waals surface area (Å²) in [7, 11) is 1.66. The number of hydrogen-bond donors (Lipinski definition) is 0. The summed E-state index contributed by atoms with van der Waals surface area (Å²) in [6, 6.07) is 26.8. The van der Waals surface area contributed by atoms with E-state index in [1.165, 1.54) is 11.6 Å². The highest BCUT2D eigenvalue weighted by molar-refractivity contribution is 6.08. The highest BCUT2D eigenvalue weighted by atomic mass is 19.1. The van der Waals surface area contributed by atoms with E-state index in [1.54, 1.807) is 25.3 Å². The van der Waals surface area contributed by atoms with Crippen molar-refractivity contribution in [2.45, 2.75) is 43.1 Å². The summed E-state index contributed by atoms with van der Waals surface area (Å²) in [4.78, 5) is 2.34. The molecule has 2 aliphatic heterocycles. The van der Waals surface area contributed by atoms with E-state index < -0.39 is 5.60 Å². The topological polar surface area (TPSA) is 30.9 Å². The molecular weight excluding hydrogens is 604 g/mol. The van der Waals surface area contributed by atoms with Gasteiger partial charge in [0, 0.05) is 46.3 Å². The summed E-state index contributed by atoms with van der Waals surface area (Å²) in [6.45, 7) is 3.13. The van der Waals surface area contributed by atoms with E-state index in [0.29, 0.717) is 19.0 Å². The molecule has 0 amide bonds. The number of hydrogen-bond acceptors (Lipinski definition) is 4. The average molecular weight is 642 g/mol. The fraction of sp³-hybridized carbons (Fsp3) is 0.286. The van der Waals surface area contributed by atoms with Gasteiger partial charge in [-0.3, -0.25) is 0 Å². The number of methoxy groups -OCH3 is 1. The molecule has 1 atom stereocenters. The molecule has 4 aliphatic rings. The predicted molar refractivity (Wildman–Crippen MR) is 186 cm³/mol. The molecule has 9 rings (SSSR count). The highest BCUT2D eigenvalue weighted by Crippen LogP contribution is 2.62. The molecule has 1 unspecified atom stereocenters. The van der Waals surface area contributed by atoms with Gasteiger partial charge in [0.05, 0.1) is 20.3 Å². The number of anilines is 1. The first kappa shape index (κ1) is 29.5. The van der Waals surface area contributed by atoms with Gasteiger partial charge in [0.2, 0.25) is 0 Å². The zero-order chi connectivity index (χ0) is 32.5. The number of halogens is 2. The van der Waals surface area contributed by atoms with Crippen LogP contribution in [0.2, 0.25) is 0 Å². The number of ether oxygens (including phenoxy) is 3. The van der Waals surface area contributed by atoms with Crippen LogP contribution in [0.3, 0.4) is 0 Å². The Morgan fingerprint density at radius 2 is 1.44 bits per heavy atom. The maximum atomic E-state index is 15.2. The number of fused-ring (bicyclic) bond motifs is 10. The van der Waals surface area contributed by atoms with Crippen molar-refractivity contribution in [1.29, 1.82) is 0 Å². The third-order valence-corrected chi connectivity index (χ3v) is 11.2. The van der Waals surface area contributed by atoms with Crippen LogP contribution in [0, 0.1) is 11.6 Å². The Morgan fingerprint density at radius 3 is 2.17 bits per heavy atom. The van der Waals surface area contributed by atoms with Crippen LogP contribution < -0.4 is 14.4 Å². The minimum atomic E-state index is -0.992. The van der Waals surface area contributed by atoms with Crippen molar-refractivity contribution < 1.29 is 23.0 Å². The lowest BCUT2D eigenvalue weighted by molar-refractivity contribution is 0.122. The Bertz CT molecular complexity index is 2080. The maximum Gasteiger partial charge on any atom is 0.178 e. The Hall–Kier alpha value is -4.68. The Balaban J connectivity index is 1.29. The van der Waals surface area contributed by atoms with Crippen LogP contribution in [0.5, 0.6) is 11.5 Å². The molecule has 5 aromatic rings. The number of benzene rings is 5. The van der Waals surface area contributed by atoms with Crippen molar-refractivity contribution in [3.05, 3.63) is 130 Å². The van der Waals surface area contributed by atoms with Gasteiger partial charge in [0.1, 0.15) is 23.1 Å². The summed E-state index contributed by atoms with van der Waals surface area (Å²) >= 11 is 0. The van der Waals surface area contributed by atoms with Crippen molar-refractivity contribution in [3.8, 4) is 22.6 Å². The molecule has 242 valence electrons. The van der Waals surface area contributed by atoms with E-state index in [9.17, 15) is 0 Å². The highest BCUT2D eigenvalue weighted by Gasteiger charge is 2.49. The molecule has 5 aromatic carbocycles. The predicted octanol–water partition coefficient (Wildman–Crippen LogP) is 9.54. The zero-order valence-electron chi connectivity index (χ0n) is 27.0. The maximum absolute atomic E-state index is 15.2. The molecule has 0 aromatic heterocycles. The van der Waals surface area contributed by atoms with E-state index in [4.69, 9.17) is 14.2 Å². The summed E-state index contributed by atoms with van der Waals surface area (Å²) in [5.74, 6) is 0.877. The molecule has 0 radical (unpaired) electrons. The smallest absolute Gasteiger partial charge is 0.178 e. The van der Waals surface area contributed by atoms with E-state index in [-0.39, 0.29) is 17.0 Å². The molecule has 0 bridgehead atoms. The minimum absolute atomic E-state index is 0.221. The van der Waals surface area contributed by atoms with Crippen LogP contribution in [0.25, 0.3) is 28.0 Å². The van der Waals surface area contributed by atoms with Crippen LogP contribution in [0.4, 0.5) is 14.5 Å². The lowest BCUT2D eigenvalue weighted by Gasteiger charge is -2.41. The van der Waals surface area contributed by atoms with Gasteiger partial charge in [-0.15, -0.1) is 0 Å². The lowest BCUT2D eigenvalue weighted by atomic mass is 9.66. The standard InChI is InChI=1S/C42H37F2NO3/c1-46-32-13-7-28(8-14-32)42(27-5-11-31(12-6-27)45-21-23-47-24-22-45)20-17-35-39-38(33-15-9-29(43)25-36(33)40(35)48-42)34-16-10-30(44)26-37(34)41(39)18-3-2-4-19-41/h5-17,20,25-26H,2-4,18-19,21-24H2,1H3. The Morgan fingerprint density at radius 1 is 0.750 bits per heavy atom. The SMILES string of the molecule is COc1ccc(C2(c3ccc(N4CCOCC4)cc3)C=Cc3c4c(c5ccc(F)cc5c3O2)-c2ccc(F)cc2C42CCCCC2)cc1. The molecule has 6 heteroatoms. The van der Waals surface area contributed by atoms with Gasteiger partial charge >= 0.3 is 0 Å². The second-order valence-corrected chi connectivity index (χ2v) is 13.6. The first-order valence-electron chi connectivity index (χ1n) is 17.1. The van der Waals surface area contributed by atoms with Gasteiger partial charge in [-0.1, -0.05) is 61.7 Å². The van der Waals surface area contributed by atoms with Crippen molar-refractivity contribution in [3.63, 3.8) is 0 Å². The van der Waals surface area contributed by atoms with E-state index in [2.05, 4.69) is 41.3 Å². The molecular formula is C42H37F2NO3. The monoisotopic (exact) mass is 641 g/mol. The number of morpholine rings is 1. The normalized spacial score (nSPS) is 20.7. The number of nitrogens with zero attached hydrogens (tertiary/aromatic N) is 1. The summed E-state index contributed by atoms with van der Waals surface area (Å²) in [5.41, 5.74) is 7.07. The summed E-state index contributed by atoms with van der Waals surface area (Å²) in [6.07, 6.45) is 9.54. The van der Waals surface area contributed by atoms with E-state index in [1.807, 2.05) is 36.4 Å². The third-order valence-electron chi connectivity index (χ3n) is 11.2. The second-order valence-electron chi connectivity index (χ2n) is 13.6. The first-order chi connectivity index (χ1) is 23.5. The molecule has 0 N–H and O–H groups in total. The molecule has 4 nitrogen and oxygen atoms in total. The quantitative estimate of drug-likeness (QED) is 0.196. The Kier molecular flexibility index (Phi) is 6.87. The molecule has 2 aliphatic carbocycles. The molecule has 1 spiro atoms. The number of rotatable bonds is 4. The first-order valence-corrected chi connectivity index (χ1v) is 17.1. The Labute approximate surface area is 279 Å². The van der Waals surface area contributed by atoms with Crippen LogP contribution in [0.15, 0.2) is 91.0 Å². The molecule has 2 fully saturated rings. The van der Waals surface area contributed by atoms with Crippen molar-refractivity contribution in [1.82, 2.24) is 0 Å². The summed E-state index contributed by atoms with van der Waals surface area (Å²) in [5, 5.41) is 1.65. The van der Waals surface area contributed by atoms with Crippen molar-refractivity contribution in [2.75, 3.05) is 38.3 Å². The largest absolute Gasteiger partial charge is 0.497 e.